The van der Waals surface area contributed by atoms with Crippen molar-refractivity contribution in [3.8, 4) is 28.6 Å². The predicted octanol–water partition coefficient (Wildman–Crippen LogP) is -1.41. The summed E-state index contributed by atoms with van der Waals surface area (Å²) >= 11 is 0. The first-order chi connectivity index (χ1) is 19.4. The Morgan fingerprint density at radius 1 is 0.829 bits per heavy atom. The molecule has 14 nitrogen and oxygen atoms in total. The maximum atomic E-state index is 13.2. The monoisotopic (exact) mass is 578 g/mol. The van der Waals surface area contributed by atoms with Crippen LogP contribution < -0.4 is 10.2 Å². The second-order valence-corrected chi connectivity index (χ2v) is 10.1. The molecule has 0 unspecified atom stereocenters. The molecule has 2 aliphatic heterocycles. The largest absolute Gasteiger partial charge is 0.508 e. The van der Waals surface area contributed by atoms with Crippen molar-refractivity contribution in [1.29, 1.82) is 0 Å². The van der Waals surface area contributed by atoms with Crippen LogP contribution in [0.2, 0.25) is 0 Å². The maximum Gasteiger partial charge on any atom is 0.229 e. The molecular weight excluding hydrogens is 548 g/mol. The van der Waals surface area contributed by atoms with Crippen molar-refractivity contribution in [3.05, 3.63) is 52.2 Å². The van der Waals surface area contributed by atoms with Gasteiger partial charge in [0.05, 0.1) is 18.3 Å². The Labute approximate surface area is 231 Å². The van der Waals surface area contributed by atoms with E-state index in [4.69, 9.17) is 18.6 Å². The molecule has 9 N–H and O–H groups in total. The van der Waals surface area contributed by atoms with Gasteiger partial charge in [0.2, 0.25) is 6.29 Å². The number of fused-ring (bicyclic) bond motifs is 1. The Bertz CT molecular complexity index is 1450. The van der Waals surface area contributed by atoms with Gasteiger partial charge in [0.25, 0.3) is 0 Å². The zero-order valence-corrected chi connectivity index (χ0v) is 21.5. The fourth-order valence-corrected chi connectivity index (χ4v) is 5.01. The fourth-order valence-electron chi connectivity index (χ4n) is 5.01. The Morgan fingerprint density at radius 3 is 2.15 bits per heavy atom. The molecule has 0 spiro atoms. The third-order valence-corrected chi connectivity index (χ3v) is 7.37. The van der Waals surface area contributed by atoms with Crippen LogP contribution in [0.1, 0.15) is 18.6 Å². The van der Waals surface area contributed by atoms with Crippen molar-refractivity contribution in [1.82, 2.24) is 0 Å². The third kappa shape index (κ3) is 5.14. The number of hydrogen-bond donors (Lipinski definition) is 9. The Balaban J connectivity index is 1.69. The van der Waals surface area contributed by atoms with Gasteiger partial charge in [-0.1, -0.05) is 0 Å². The summed E-state index contributed by atoms with van der Waals surface area (Å²) in [5.41, 5.74) is -0.965. The van der Waals surface area contributed by atoms with E-state index in [1.165, 1.54) is 31.2 Å². The molecule has 2 saturated heterocycles. The highest BCUT2D eigenvalue weighted by molar-refractivity contribution is 5.88. The van der Waals surface area contributed by atoms with E-state index >= 15 is 0 Å². The van der Waals surface area contributed by atoms with Gasteiger partial charge < -0.3 is 64.6 Å². The third-order valence-electron chi connectivity index (χ3n) is 7.37. The van der Waals surface area contributed by atoms with E-state index in [-0.39, 0.29) is 28.2 Å². The van der Waals surface area contributed by atoms with Crippen LogP contribution in [0.4, 0.5) is 0 Å². The number of hydrogen-bond acceptors (Lipinski definition) is 14. The highest BCUT2D eigenvalue weighted by Gasteiger charge is 2.48. The first-order valence-corrected chi connectivity index (χ1v) is 12.7. The van der Waals surface area contributed by atoms with Crippen LogP contribution in [-0.2, 0) is 9.47 Å². The summed E-state index contributed by atoms with van der Waals surface area (Å²) in [7, 11) is 0. The quantitative estimate of drug-likeness (QED) is 0.169. The van der Waals surface area contributed by atoms with E-state index in [1.54, 1.807) is 0 Å². The van der Waals surface area contributed by atoms with E-state index < -0.39 is 84.6 Å². The van der Waals surface area contributed by atoms with Crippen molar-refractivity contribution in [3.63, 3.8) is 0 Å². The van der Waals surface area contributed by atoms with Crippen LogP contribution >= 0.6 is 0 Å². The number of ether oxygens (including phenoxy) is 3. The molecule has 5 rings (SSSR count). The summed E-state index contributed by atoms with van der Waals surface area (Å²) in [5, 5.41) is 92.5. The summed E-state index contributed by atoms with van der Waals surface area (Å²) in [6.07, 6.45) is -16.1. The van der Waals surface area contributed by atoms with Gasteiger partial charge in [-0.15, -0.1) is 0 Å². The predicted molar refractivity (Wildman–Crippen MR) is 137 cm³/mol. The van der Waals surface area contributed by atoms with Gasteiger partial charge in [-0.05, 0) is 31.2 Å². The number of phenolic OH excluding ortho intramolecular Hbond substituents is 2. The lowest BCUT2D eigenvalue weighted by atomic mass is 9.89. The minimum atomic E-state index is -1.90. The number of aromatic hydroxyl groups is 2. The second-order valence-electron chi connectivity index (χ2n) is 10.1. The maximum absolute atomic E-state index is 13.2. The Kier molecular flexibility index (Phi) is 7.95. The average Bonchev–Trinajstić information content (AvgIpc) is 2.94. The molecule has 10 atom stereocenters. The zero-order chi connectivity index (χ0) is 29.7. The second kappa shape index (κ2) is 11.2. The molecule has 3 heterocycles. The van der Waals surface area contributed by atoms with E-state index in [0.29, 0.717) is 5.56 Å². The van der Waals surface area contributed by atoms with Crippen LogP contribution in [0.15, 0.2) is 45.6 Å². The smallest absolute Gasteiger partial charge is 0.229 e. The van der Waals surface area contributed by atoms with Crippen molar-refractivity contribution in [2.45, 2.75) is 68.1 Å². The Morgan fingerprint density at radius 2 is 1.49 bits per heavy atom. The number of phenols is 2. The van der Waals surface area contributed by atoms with Gasteiger partial charge in [-0.2, -0.15) is 0 Å². The van der Waals surface area contributed by atoms with Crippen LogP contribution in [0.25, 0.3) is 22.3 Å². The van der Waals surface area contributed by atoms with Crippen LogP contribution in [-0.4, -0.2) is 108 Å². The first kappa shape index (κ1) is 29.2. The van der Waals surface area contributed by atoms with Gasteiger partial charge in [-0.3, -0.25) is 4.79 Å². The molecule has 2 aliphatic rings. The molecule has 1 aromatic heterocycles. The number of aliphatic hydroxyl groups is 7. The molecule has 14 heteroatoms. The summed E-state index contributed by atoms with van der Waals surface area (Å²) in [6.45, 7) is 0.631. The summed E-state index contributed by atoms with van der Waals surface area (Å²) in [6, 6.07) is 7.93. The Hall–Kier alpha value is -3.31. The first-order valence-electron chi connectivity index (χ1n) is 12.7. The number of benzene rings is 2. The van der Waals surface area contributed by atoms with E-state index in [1.807, 2.05) is 0 Å². The molecule has 0 radical (unpaired) electrons. The number of rotatable bonds is 5. The van der Waals surface area contributed by atoms with E-state index in [2.05, 4.69) is 0 Å². The molecule has 0 saturated carbocycles. The van der Waals surface area contributed by atoms with Gasteiger partial charge in [0.1, 0.15) is 82.8 Å². The molecule has 222 valence electrons. The van der Waals surface area contributed by atoms with Crippen molar-refractivity contribution >= 4 is 11.0 Å². The average molecular weight is 579 g/mol. The van der Waals surface area contributed by atoms with E-state index in [0.717, 1.165) is 12.1 Å². The summed E-state index contributed by atoms with van der Waals surface area (Å²) in [4.78, 5) is 13.2. The fraction of sp³-hybridized carbons (Fsp3) is 0.444. The lowest BCUT2D eigenvalue weighted by Gasteiger charge is -2.42. The SMILES string of the molecule is C[C@@H]1O[C@@H](Oc2cc3oc(-c4ccc(O)cc4)cc(=O)c3c(O)c2[C@@H]2O[C@H](CO)[C@@H](O)[C@H](O)[C@H]2O)[C@H](O)[C@H](O)[C@H]1O. The topological polar surface area (TPSA) is 240 Å². The van der Waals surface area contributed by atoms with Gasteiger partial charge in [0, 0.05) is 17.7 Å². The molecule has 0 amide bonds. The standard InChI is InChI=1S/C27H30O14/c1-9-19(31)22(34)25(37)27(38-9)41-15-7-14-17(12(30)6-13(39-14)10-2-4-11(29)5-3-10)21(33)18(15)26-24(36)23(35)20(32)16(8-28)40-26/h2-7,9,16,19-20,22-29,31-37H,8H2,1H3/t9-,16+,19-,20+,22+,23-,24+,25+,26-,27-/m0/s1. The van der Waals surface area contributed by atoms with Crippen LogP contribution in [0, 0.1) is 0 Å². The zero-order valence-electron chi connectivity index (χ0n) is 21.5. The molecule has 41 heavy (non-hydrogen) atoms. The van der Waals surface area contributed by atoms with Crippen LogP contribution in [0.3, 0.4) is 0 Å². The van der Waals surface area contributed by atoms with E-state index in [9.17, 15) is 50.8 Å². The summed E-state index contributed by atoms with van der Waals surface area (Å²) in [5.74, 6) is -1.16. The van der Waals surface area contributed by atoms with Gasteiger partial charge in [-0.25, -0.2) is 0 Å². The van der Waals surface area contributed by atoms with Crippen molar-refractivity contribution < 1.29 is 64.6 Å². The highest BCUT2D eigenvalue weighted by Crippen LogP contribution is 2.46. The molecule has 0 bridgehead atoms. The molecule has 2 aromatic carbocycles. The lowest BCUT2D eigenvalue weighted by Crippen LogP contribution is -2.58. The van der Waals surface area contributed by atoms with Gasteiger partial charge >= 0.3 is 0 Å². The van der Waals surface area contributed by atoms with Gasteiger partial charge in [0.15, 0.2) is 5.43 Å². The number of aliphatic hydroxyl groups excluding tert-OH is 7. The van der Waals surface area contributed by atoms with Crippen LogP contribution in [0.5, 0.6) is 17.2 Å². The molecular formula is C27H30O14. The minimum absolute atomic E-state index is 0.0260. The highest BCUT2D eigenvalue weighted by atomic mass is 16.7. The van der Waals surface area contributed by atoms with Crippen molar-refractivity contribution in [2.75, 3.05) is 6.61 Å². The summed E-state index contributed by atoms with van der Waals surface area (Å²) < 4.78 is 22.8. The molecule has 3 aromatic rings. The lowest BCUT2D eigenvalue weighted by molar-refractivity contribution is -0.269. The minimum Gasteiger partial charge on any atom is -0.508 e. The van der Waals surface area contributed by atoms with Crippen molar-refractivity contribution in [2.24, 2.45) is 0 Å². The molecule has 2 fully saturated rings. The molecule has 0 aliphatic carbocycles. The normalized spacial score (nSPS) is 34.0.